The van der Waals surface area contributed by atoms with Gasteiger partial charge in [0.1, 0.15) is 11.9 Å². The van der Waals surface area contributed by atoms with E-state index in [2.05, 4.69) is 66.5 Å². The fourth-order valence-electron chi connectivity index (χ4n) is 3.05. The zero-order valence-electron chi connectivity index (χ0n) is 20.5. The Hall–Kier alpha value is -2.28. The second-order valence-electron chi connectivity index (χ2n) is 8.46. The van der Waals surface area contributed by atoms with Crippen molar-refractivity contribution in [1.29, 1.82) is 0 Å². The number of nitrogens with zero attached hydrogens (tertiary/aromatic N) is 1. The molecule has 0 bridgehead atoms. The van der Waals surface area contributed by atoms with Crippen LogP contribution in [0.5, 0.6) is 0 Å². The van der Waals surface area contributed by atoms with E-state index >= 15 is 0 Å². The Bertz CT molecular complexity index is 793. The SMILES string of the molecule is CC(=O)NC(C)C(=O)NC(CSCC=C(C)CCC=C(C)CCC=C(C)C)c1ncc[nH]1. The third-order valence-corrected chi connectivity index (χ3v) is 5.91. The van der Waals surface area contributed by atoms with E-state index in [0.29, 0.717) is 5.75 Å². The quantitative estimate of drug-likeness (QED) is 0.262. The minimum Gasteiger partial charge on any atom is -0.347 e. The number of aromatic amines is 1. The monoisotopic (exact) mass is 460 g/mol. The van der Waals surface area contributed by atoms with Crippen LogP contribution >= 0.6 is 11.8 Å². The first-order valence-electron chi connectivity index (χ1n) is 11.3. The molecule has 2 unspecified atom stereocenters. The van der Waals surface area contributed by atoms with Gasteiger partial charge in [0.25, 0.3) is 0 Å². The number of hydrogen-bond donors (Lipinski definition) is 3. The number of allylic oxidation sites excluding steroid dienone is 5. The number of carbonyl (C=O) groups excluding carboxylic acids is 2. The second-order valence-corrected chi connectivity index (χ2v) is 9.53. The summed E-state index contributed by atoms with van der Waals surface area (Å²) in [7, 11) is 0. The summed E-state index contributed by atoms with van der Waals surface area (Å²) in [4.78, 5) is 31.0. The lowest BCUT2D eigenvalue weighted by atomic mass is 10.1. The molecule has 0 spiro atoms. The van der Waals surface area contributed by atoms with Crippen molar-refractivity contribution in [3.63, 3.8) is 0 Å². The molecule has 1 aromatic heterocycles. The molecular formula is C25H40N4O2S. The zero-order valence-corrected chi connectivity index (χ0v) is 21.3. The van der Waals surface area contributed by atoms with Crippen LogP contribution in [0.2, 0.25) is 0 Å². The van der Waals surface area contributed by atoms with Crippen molar-refractivity contribution >= 4 is 23.6 Å². The highest BCUT2D eigenvalue weighted by Crippen LogP contribution is 2.17. The fourth-order valence-corrected chi connectivity index (χ4v) is 4.07. The normalized spacial score (nSPS) is 13.9. The number of thioether (sulfide) groups is 1. The number of H-pyrrole nitrogens is 1. The molecule has 7 heteroatoms. The van der Waals surface area contributed by atoms with Crippen molar-refractivity contribution in [1.82, 2.24) is 20.6 Å². The van der Waals surface area contributed by atoms with Gasteiger partial charge in [-0.1, -0.05) is 34.9 Å². The van der Waals surface area contributed by atoms with E-state index in [1.165, 1.54) is 23.6 Å². The largest absolute Gasteiger partial charge is 0.347 e. The average molecular weight is 461 g/mol. The van der Waals surface area contributed by atoms with Crippen molar-refractivity contribution in [3.8, 4) is 0 Å². The van der Waals surface area contributed by atoms with E-state index in [0.717, 1.165) is 37.3 Å². The van der Waals surface area contributed by atoms with Crippen LogP contribution in [0.1, 0.15) is 79.1 Å². The summed E-state index contributed by atoms with van der Waals surface area (Å²) in [6.45, 7) is 11.7. The number of rotatable bonds is 14. The molecule has 1 heterocycles. The highest BCUT2D eigenvalue weighted by molar-refractivity contribution is 7.99. The lowest BCUT2D eigenvalue weighted by Crippen LogP contribution is -2.45. The van der Waals surface area contributed by atoms with Crippen molar-refractivity contribution in [2.45, 2.75) is 79.3 Å². The maximum absolute atomic E-state index is 12.4. The standard InChI is InChI=1S/C25H40N4O2S/c1-18(2)9-7-10-19(3)11-8-12-20(4)13-16-32-17-23(24-26-14-15-27-24)29-25(31)21(5)28-22(6)30/h9,11,13-15,21,23H,7-8,10,12,16-17H2,1-6H3,(H,26,27)(H,28,30)(H,29,31). The summed E-state index contributed by atoms with van der Waals surface area (Å²) in [5.74, 6) is 1.84. The van der Waals surface area contributed by atoms with Gasteiger partial charge < -0.3 is 15.6 Å². The van der Waals surface area contributed by atoms with Crippen LogP contribution < -0.4 is 10.6 Å². The number of amides is 2. The minimum absolute atomic E-state index is 0.222. The van der Waals surface area contributed by atoms with Gasteiger partial charge in [-0.3, -0.25) is 9.59 Å². The summed E-state index contributed by atoms with van der Waals surface area (Å²) in [5, 5.41) is 5.60. The molecule has 1 rings (SSSR count). The summed E-state index contributed by atoms with van der Waals surface area (Å²) >= 11 is 1.75. The van der Waals surface area contributed by atoms with Crippen molar-refractivity contribution < 1.29 is 9.59 Å². The highest BCUT2D eigenvalue weighted by Gasteiger charge is 2.21. The van der Waals surface area contributed by atoms with E-state index in [4.69, 9.17) is 0 Å². The van der Waals surface area contributed by atoms with Gasteiger partial charge in [-0.25, -0.2) is 4.98 Å². The van der Waals surface area contributed by atoms with Gasteiger partial charge in [-0.05, 0) is 60.3 Å². The second kappa shape index (κ2) is 15.5. The van der Waals surface area contributed by atoms with Crippen molar-refractivity contribution in [3.05, 3.63) is 53.2 Å². The minimum atomic E-state index is -0.587. The molecule has 0 aliphatic heterocycles. The first-order valence-corrected chi connectivity index (χ1v) is 12.4. The van der Waals surface area contributed by atoms with Gasteiger partial charge in [0.15, 0.2) is 0 Å². The number of aromatic nitrogens is 2. The predicted molar refractivity (Wildman–Crippen MR) is 135 cm³/mol. The molecule has 0 saturated heterocycles. The lowest BCUT2D eigenvalue weighted by molar-refractivity contribution is -0.128. The van der Waals surface area contributed by atoms with Gasteiger partial charge in [-0.15, -0.1) is 0 Å². The summed E-state index contributed by atoms with van der Waals surface area (Å²) in [5.41, 5.74) is 4.21. The van der Waals surface area contributed by atoms with Crippen LogP contribution in [0.25, 0.3) is 0 Å². The molecule has 3 N–H and O–H groups in total. The maximum Gasteiger partial charge on any atom is 0.242 e. The molecule has 2 atom stereocenters. The molecule has 0 fully saturated rings. The molecule has 1 aromatic rings. The molecule has 0 aliphatic carbocycles. The Labute approximate surface area is 197 Å². The molecular weight excluding hydrogens is 420 g/mol. The Morgan fingerprint density at radius 1 is 1.03 bits per heavy atom. The average Bonchev–Trinajstić information content (AvgIpc) is 3.24. The first-order chi connectivity index (χ1) is 15.2. The predicted octanol–water partition coefficient (Wildman–Crippen LogP) is 5.24. The molecule has 178 valence electrons. The Balaban J connectivity index is 2.45. The van der Waals surface area contributed by atoms with Crippen LogP contribution in [0.3, 0.4) is 0 Å². The highest BCUT2D eigenvalue weighted by atomic mass is 32.2. The summed E-state index contributed by atoms with van der Waals surface area (Å²) in [6.07, 6.45) is 14.7. The van der Waals surface area contributed by atoms with Crippen LogP contribution in [0.15, 0.2) is 47.3 Å². The number of hydrogen-bond acceptors (Lipinski definition) is 4. The van der Waals surface area contributed by atoms with E-state index < -0.39 is 6.04 Å². The van der Waals surface area contributed by atoms with Gasteiger partial charge in [0.2, 0.25) is 11.8 Å². The molecule has 0 radical (unpaired) electrons. The number of imidazole rings is 1. The van der Waals surface area contributed by atoms with E-state index in [9.17, 15) is 9.59 Å². The third-order valence-electron chi connectivity index (χ3n) is 4.94. The van der Waals surface area contributed by atoms with Crippen molar-refractivity contribution in [2.24, 2.45) is 0 Å². The number of carbonyl (C=O) groups is 2. The van der Waals surface area contributed by atoms with Gasteiger partial charge in [0.05, 0.1) is 6.04 Å². The van der Waals surface area contributed by atoms with Gasteiger partial charge in [-0.2, -0.15) is 11.8 Å². The van der Waals surface area contributed by atoms with Crippen LogP contribution in [0, 0.1) is 0 Å². The lowest BCUT2D eigenvalue weighted by Gasteiger charge is -2.19. The van der Waals surface area contributed by atoms with Crippen molar-refractivity contribution in [2.75, 3.05) is 11.5 Å². The maximum atomic E-state index is 12.4. The molecule has 0 saturated carbocycles. The Morgan fingerprint density at radius 3 is 2.28 bits per heavy atom. The summed E-state index contributed by atoms with van der Waals surface area (Å²) < 4.78 is 0. The topological polar surface area (TPSA) is 86.9 Å². The first kappa shape index (κ1) is 27.8. The molecule has 0 aromatic carbocycles. The smallest absolute Gasteiger partial charge is 0.242 e. The van der Waals surface area contributed by atoms with Crippen LogP contribution in [-0.2, 0) is 9.59 Å². The van der Waals surface area contributed by atoms with E-state index in [1.54, 1.807) is 31.1 Å². The number of nitrogens with one attached hydrogen (secondary N) is 3. The Morgan fingerprint density at radius 2 is 1.69 bits per heavy atom. The van der Waals surface area contributed by atoms with E-state index in [-0.39, 0.29) is 17.9 Å². The molecule has 2 amide bonds. The summed E-state index contributed by atoms with van der Waals surface area (Å²) in [6, 6.07) is -0.825. The van der Waals surface area contributed by atoms with Gasteiger partial charge in [0, 0.05) is 30.8 Å². The zero-order chi connectivity index (χ0) is 23.9. The van der Waals surface area contributed by atoms with Crippen LogP contribution in [0.4, 0.5) is 0 Å². The molecule has 32 heavy (non-hydrogen) atoms. The Kier molecular flexibility index (Phi) is 13.5. The molecule has 0 aliphatic rings. The third kappa shape index (κ3) is 12.5. The molecule has 6 nitrogen and oxygen atoms in total. The van der Waals surface area contributed by atoms with E-state index in [1.807, 2.05) is 0 Å². The van der Waals surface area contributed by atoms with Gasteiger partial charge >= 0.3 is 0 Å². The fraction of sp³-hybridized carbons (Fsp3) is 0.560. The van der Waals surface area contributed by atoms with Crippen LogP contribution in [-0.4, -0.2) is 39.3 Å².